The second kappa shape index (κ2) is 4.57. The fourth-order valence-corrected chi connectivity index (χ4v) is 2.55. The summed E-state index contributed by atoms with van der Waals surface area (Å²) in [6, 6.07) is 3.81. The normalized spacial score (nSPS) is 18.9. The molecule has 5 heteroatoms. The first kappa shape index (κ1) is 11.5. The van der Waals surface area contributed by atoms with Crippen molar-refractivity contribution >= 4 is 11.5 Å². The standard InChI is InChI=1S/C13H18N4O/c18-13(6-2-1-3-7-13)10-15-11-4-5-12-14-8-9-17(12)16-11/h4-5,8-9,18H,1-3,6-7,10H2,(H,15,16). The Morgan fingerprint density at radius 2 is 2.11 bits per heavy atom. The quantitative estimate of drug-likeness (QED) is 0.867. The molecule has 0 bridgehead atoms. The van der Waals surface area contributed by atoms with E-state index in [0.717, 1.165) is 37.1 Å². The molecule has 1 aliphatic carbocycles. The third kappa shape index (κ3) is 2.31. The number of hydrogen-bond acceptors (Lipinski definition) is 4. The highest BCUT2D eigenvalue weighted by molar-refractivity contribution is 5.44. The SMILES string of the molecule is OC1(CNc2ccc3nccn3n2)CCCCC1. The topological polar surface area (TPSA) is 62.5 Å². The molecule has 0 aliphatic heterocycles. The van der Waals surface area contributed by atoms with Crippen molar-refractivity contribution in [1.82, 2.24) is 14.6 Å². The van der Waals surface area contributed by atoms with E-state index in [4.69, 9.17) is 0 Å². The Morgan fingerprint density at radius 1 is 1.28 bits per heavy atom. The minimum absolute atomic E-state index is 0.566. The number of nitrogens with one attached hydrogen (secondary N) is 1. The lowest BCUT2D eigenvalue weighted by molar-refractivity contribution is 0.0166. The van der Waals surface area contributed by atoms with Crippen LogP contribution in [0.15, 0.2) is 24.5 Å². The van der Waals surface area contributed by atoms with Crippen LogP contribution in [-0.4, -0.2) is 31.9 Å². The Labute approximate surface area is 106 Å². The first-order valence-electron chi connectivity index (χ1n) is 6.52. The lowest BCUT2D eigenvalue weighted by atomic mass is 9.85. The van der Waals surface area contributed by atoms with Gasteiger partial charge in [0, 0.05) is 18.9 Å². The fraction of sp³-hybridized carbons (Fsp3) is 0.538. The van der Waals surface area contributed by atoms with Gasteiger partial charge < -0.3 is 10.4 Å². The summed E-state index contributed by atoms with van der Waals surface area (Å²) in [6.07, 6.45) is 8.77. The van der Waals surface area contributed by atoms with Crippen LogP contribution in [0.1, 0.15) is 32.1 Å². The first-order chi connectivity index (χ1) is 8.75. The van der Waals surface area contributed by atoms with Crippen LogP contribution < -0.4 is 5.32 Å². The molecule has 1 aliphatic rings. The number of anilines is 1. The van der Waals surface area contributed by atoms with Crippen LogP contribution in [-0.2, 0) is 0 Å². The fourth-order valence-electron chi connectivity index (χ4n) is 2.55. The lowest BCUT2D eigenvalue weighted by Gasteiger charge is -2.32. The maximum atomic E-state index is 10.4. The first-order valence-corrected chi connectivity index (χ1v) is 6.52. The zero-order chi connectivity index (χ0) is 12.4. The molecule has 0 unspecified atom stereocenters. The van der Waals surface area contributed by atoms with Crippen LogP contribution in [0.4, 0.5) is 5.82 Å². The number of nitrogens with zero attached hydrogens (tertiary/aromatic N) is 3. The molecule has 2 aromatic heterocycles. The molecule has 2 aromatic rings. The molecule has 0 saturated heterocycles. The highest BCUT2D eigenvalue weighted by atomic mass is 16.3. The monoisotopic (exact) mass is 246 g/mol. The maximum absolute atomic E-state index is 10.4. The summed E-state index contributed by atoms with van der Waals surface area (Å²) in [4.78, 5) is 4.15. The van der Waals surface area contributed by atoms with Gasteiger partial charge >= 0.3 is 0 Å². The summed E-state index contributed by atoms with van der Waals surface area (Å²) < 4.78 is 1.73. The van der Waals surface area contributed by atoms with E-state index in [0.29, 0.717) is 6.54 Å². The molecular formula is C13H18N4O. The highest BCUT2D eigenvalue weighted by Gasteiger charge is 2.28. The molecule has 0 aromatic carbocycles. The molecule has 1 fully saturated rings. The van der Waals surface area contributed by atoms with Gasteiger partial charge in [0.15, 0.2) is 5.65 Å². The largest absolute Gasteiger partial charge is 0.388 e. The number of imidazole rings is 1. The minimum atomic E-state index is -0.566. The van der Waals surface area contributed by atoms with Crippen molar-refractivity contribution in [1.29, 1.82) is 0 Å². The summed E-state index contributed by atoms with van der Waals surface area (Å²) in [5.74, 6) is 0.777. The van der Waals surface area contributed by atoms with E-state index in [1.54, 1.807) is 10.7 Å². The van der Waals surface area contributed by atoms with E-state index < -0.39 is 5.60 Å². The van der Waals surface area contributed by atoms with Gasteiger partial charge in [-0.2, -0.15) is 0 Å². The summed E-state index contributed by atoms with van der Waals surface area (Å²) in [5.41, 5.74) is 0.265. The van der Waals surface area contributed by atoms with Crippen LogP contribution in [0.25, 0.3) is 5.65 Å². The molecule has 5 nitrogen and oxygen atoms in total. The van der Waals surface area contributed by atoms with Crippen molar-refractivity contribution in [2.45, 2.75) is 37.7 Å². The molecule has 2 heterocycles. The third-order valence-corrected chi connectivity index (χ3v) is 3.64. The number of hydrogen-bond donors (Lipinski definition) is 2. The highest BCUT2D eigenvalue weighted by Crippen LogP contribution is 2.28. The van der Waals surface area contributed by atoms with E-state index in [9.17, 15) is 5.11 Å². The Kier molecular flexibility index (Phi) is 2.91. The molecule has 0 spiro atoms. The summed E-state index contributed by atoms with van der Waals surface area (Å²) >= 11 is 0. The molecule has 0 atom stereocenters. The molecule has 0 amide bonds. The Bertz CT molecular complexity index is 531. The van der Waals surface area contributed by atoms with Crippen molar-refractivity contribution in [3.63, 3.8) is 0 Å². The smallest absolute Gasteiger partial charge is 0.153 e. The van der Waals surface area contributed by atoms with E-state index in [2.05, 4.69) is 15.4 Å². The van der Waals surface area contributed by atoms with Gasteiger partial charge in [-0.25, -0.2) is 9.50 Å². The average molecular weight is 246 g/mol. The van der Waals surface area contributed by atoms with E-state index >= 15 is 0 Å². The Morgan fingerprint density at radius 3 is 2.94 bits per heavy atom. The van der Waals surface area contributed by atoms with Gasteiger partial charge in [0.25, 0.3) is 0 Å². The zero-order valence-electron chi connectivity index (χ0n) is 10.3. The number of aromatic nitrogens is 3. The number of fused-ring (bicyclic) bond motifs is 1. The van der Waals surface area contributed by atoms with Gasteiger partial charge in [-0.15, -0.1) is 5.10 Å². The molecular weight excluding hydrogens is 228 g/mol. The Balaban J connectivity index is 1.68. The second-order valence-electron chi connectivity index (χ2n) is 5.09. The van der Waals surface area contributed by atoms with Crippen molar-refractivity contribution in [2.24, 2.45) is 0 Å². The van der Waals surface area contributed by atoms with Crippen LogP contribution in [0, 0.1) is 0 Å². The van der Waals surface area contributed by atoms with E-state index in [1.807, 2.05) is 18.3 Å². The van der Waals surface area contributed by atoms with Crippen molar-refractivity contribution in [2.75, 3.05) is 11.9 Å². The average Bonchev–Trinajstić information content (AvgIpc) is 2.85. The van der Waals surface area contributed by atoms with Gasteiger partial charge in [-0.3, -0.25) is 0 Å². The van der Waals surface area contributed by atoms with Gasteiger partial charge in [-0.1, -0.05) is 19.3 Å². The zero-order valence-corrected chi connectivity index (χ0v) is 10.3. The summed E-state index contributed by atoms with van der Waals surface area (Å²) in [7, 11) is 0. The van der Waals surface area contributed by atoms with Crippen LogP contribution in [0.2, 0.25) is 0 Å². The maximum Gasteiger partial charge on any atom is 0.153 e. The summed E-state index contributed by atoms with van der Waals surface area (Å²) in [5, 5.41) is 18.0. The molecule has 1 saturated carbocycles. The van der Waals surface area contributed by atoms with Crippen molar-refractivity contribution in [3.05, 3.63) is 24.5 Å². The van der Waals surface area contributed by atoms with Gasteiger partial charge in [-0.05, 0) is 25.0 Å². The van der Waals surface area contributed by atoms with E-state index in [-0.39, 0.29) is 0 Å². The molecule has 96 valence electrons. The van der Waals surface area contributed by atoms with Gasteiger partial charge in [0.2, 0.25) is 0 Å². The molecule has 3 rings (SSSR count). The van der Waals surface area contributed by atoms with Crippen LogP contribution in [0.5, 0.6) is 0 Å². The van der Waals surface area contributed by atoms with Gasteiger partial charge in [0.1, 0.15) is 5.82 Å². The molecule has 0 radical (unpaired) electrons. The van der Waals surface area contributed by atoms with Gasteiger partial charge in [0.05, 0.1) is 5.60 Å². The molecule has 18 heavy (non-hydrogen) atoms. The molecule has 2 N–H and O–H groups in total. The Hall–Kier alpha value is -1.62. The van der Waals surface area contributed by atoms with Crippen LogP contribution in [0.3, 0.4) is 0 Å². The predicted molar refractivity (Wildman–Crippen MR) is 69.5 cm³/mol. The van der Waals surface area contributed by atoms with Crippen molar-refractivity contribution in [3.8, 4) is 0 Å². The van der Waals surface area contributed by atoms with Crippen LogP contribution >= 0.6 is 0 Å². The predicted octanol–water partition coefficient (Wildman–Crippen LogP) is 1.84. The number of aliphatic hydroxyl groups is 1. The van der Waals surface area contributed by atoms with Crippen molar-refractivity contribution < 1.29 is 5.11 Å². The number of rotatable bonds is 3. The minimum Gasteiger partial charge on any atom is -0.388 e. The third-order valence-electron chi connectivity index (χ3n) is 3.64. The second-order valence-corrected chi connectivity index (χ2v) is 5.09. The summed E-state index contributed by atoms with van der Waals surface area (Å²) in [6.45, 7) is 0.570. The van der Waals surface area contributed by atoms with E-state index in [1.165, 1.54) is 6.42 Å². The lowest BCUT2D eigenvalue weighted by Crippen LogP contribution is -2.39.